The molecule has 0 atom stereocenters. The topological polar surface area (TPSA) is 95.7 Å². The lowest BCUT2D eigenvalue weighted by atomic mass is 10.2. The lowest BCUT2D eigenvalue weighted by Gasteiger charge is -2.12. The molecule has 0 saturated heterocycles. The Balaban J connectivity index is 0.00000312. The molecule has 0 aliphatic rings. The molecule has 0 aliphatic heterocycles. The van der Waals surface area contributed by atoms with Crippen molar-refractivity contribution >= 4 is 40.0 Å². The second-order valence-electron chi connectivity index (χ2n) is 5.04. The molecule has 0 unspecified atom stereocenters. The fraction of sp³-hybridized carbons (Fsp3) is 0.312. The molecule has 0 spiro atoms. The number of aliphatic imine (C=N–C) groups is 1. The molecule has 0 bridgehead atoms. The van der Waals surface area contributed by atoms with E-state index in [0.717, 1.165) is 17.7 Å². The van der Waals surface area contributed by atoms with Crippen LogP contribution >= 0.6 is 24.0 Å². The van der Waals surface area contributed by atoms with Crippen molar-refractivity contribution in [3.63, 3.8) is 0 Å². The van der Waals surface area contributed by atoms with Crippen molar-refractivity contribution in [2.45, 2.75) is 17.9 Å². The predicted octanol–water partition coefficient (Wildman–Crippen LogP) is 1.71. The number of nitrogens with one attached hydrogen (secondary N) is 3. The van der Waals surface area contributed by atoms with E-state index >= 15 is 0 Å². The Morgan fingerprint density at radius 1 is 1.20 bits per heavy atom. The van der Waals surface area contributed by atoms with Gasteiger partial charge in [-0.2, -0.15) is 0 Å². The number of halogens is 1. The van der Waals surface area contributed by atoms with Crippen LogP contribution in [0.2, 0.25) is 0 Å². The van der Waals surface area contributed by atoms with E-state index in [0.29, 0.717) is 19.0 Å². The monoisotopic (exact) mass is 478 g/mol. The number of rotatable bonds is 7. The van der Waals surface area contributed by atoms with Gasteiger partial charge in [0.25, 0.3) is 0 Å². The van der Waals surface area contributed by atoms with E-state index in [1.165, 1.54) is 7.05 Å². The molecule has 138 valence electrons. The lowest BCUT2D eigenvalue weighted by molar-refractivity contribution is 0.507. The van der Waals surface area contributed by atoms with Crippen LogP contribution in [-0.2, 0) is 23.0 Å². The predicted molar refractivity (Wildman–Crippen MR) is 109 cm³/mol. The first-order valence-corrected chi connectivity index (χ1v) is 9.03. The van der Waals surface area contributed by atoms with E-state index in [1.807, 2.05) is 18.2 Å². The van der Waals surface area contributed by atoms with Crippen LogP contribution < -0.4 is 15.4 Å². The first kappa shape index (κ1) is 21.5. The maximum absolute atomic E-state index is 11.8. The highest BCUT2D eigenvalue weighted by Crippen LogP contribution is 2.10. The average molecular weight is 478 g/mol. The zero-order valence-electron chi connectivity index (χ0n) is 14.2. The summed E-state index contributed by atoms with van der Waals surface area (Å²) in [6.07, 6.45) is 2.40. The molecule has 25 heavy (non-hydrogen) atoms. The molecule has 0 saturated carbocycles. The second kappa shape index (κ2) is 10.4. The Hall–Kier alpha value is -1.59. The van der Waals surface area contributed by atoms with Crippen LogP contribution in [0.1, 0.15) is 11.3 Å². The smallest absolute Gasteiger partial charge is 0.240 e. The number of guanidine groups is 1. The zero-order valence-corrected chi connectivity index (χ0v) is 17.3. The number of benzene rings is 1. The Morgan fingerprint density at radius 3 is 2.64 bits per heavy atom. The summed E-state index contributed by atoms with van der Waals surface area (Å²) >= 11 is 0. The second-order valence-corrected chi connectivity index (χ2v) is 6.92. The maximum atomic E-state index is 11.8. The van der Waals surface area contributed by atoms with Gasteiger partial charge < -0.3 is 15.1 Å². The fourth-order valence-corrected chi connectivity index (χ4v) is 2.91. The quantitative estimate of drug-likeness (QED) is 0.320. The molecule has 2 aromatic rings. The largest absolute Gasteiger partial charge is 0.469 e. The van der Waals surface area contributed by atoms with Crippen LogP contribution in [-0.4, -0.2) is 35.0 Å². The molecule has 3 N–H and O–H groups in total. The van der Waals surface area contributed by atoms with Crippen molar-refractivity contribution in [1.82, 2.24) is 15.4 Å². The molecule has 1 aromatic heterocycles. The van der Waals surface area contributed by atoms with E-state index in [2.05, 4.69) is 20.3 Å². The van der Waals surface area contributed by atoms with Gasteiger partial charge >= 0.3 is 0 Å². The van der Waals surface area contributed by atoms with E-state index < -0.39 is 10.0 Å². The van der Waals surface area contributed by atoms with Gasteiger partial charge in [-0.3, -0.25) is 4.99 Å². The minimum atomic E-state index is -3.44. The molecular weight excluding hydrogens is 455 g/mol. The summed E-state index contributed by atoms with van der Waals surface area (Å²) in [5, 5.41) is 6.34. The molecule has 0 fully saturated rings. The molecule has 2 rings (SSSR count). The van der Waals surface area contributed by atoms with Gasteiger partial charge in [-0.1, -0.05) is 12.1 Å². The van der Waals surface area contributed by atoms with Crippen molar-refractivity contribution in [1.29, 1.82) is 0 Å². The normalized spacial score (nSPS) is 11.7. The van der Waals surface area contributed by atoms with Crippen LogP contribution in [0.15, 0.2) is 57.0 Å². The van der Waals surface area contributed by atoms with Crippen LogP contribution in [0.3, 0.4) is 0 Å². The summed E-state index contributed by atoms with van der Waals surface area (Å²) in [6, 6.07) is 10.5. The number of hydrogen-bond donors (Lipinski definition) is 3. The average Bonchev–Trinajstić information content (AvgIpc) is 3.11. The third-order valence-electron chi connectivity index (χ3n) is 3.40. The first-order valence-electron chi connectivity index (χ1n) is 7.54. The van der Waals surface area contributed by atoms with E-state index in [4.69, 9.17) is 4.42 Å². The van der Waals surface area contributed by atoms with E-state index in [-0.39, 0.29) is 28.9 Å². The molecule has 0 aliphatic carbocycles. The minimum Gasteiger partial charge on any atom is -0.469 e. The third-order valence-corrected chi connectivity index (χ3v) is 4.82. The van der Waals surface area contributed by atoms with E-state index in [1.54, 1.807) is 31.5 Å². The summed E-state index contributed by atoms with van der Waals surface area (Å²) in [5.74, 6) is 1.55. The van der Waals surface area contributed by atoms with Crippen molar-refractivity contribution in [3.8, 4) is 0 Å². The zero-order chi connectivity index (χ0) is 17.4. The molecular formula is C16H23IN4O3S. The lowest BCUT2D eigenvalue weighted by Crippen LogP contribution is -2.37. The fourth-order valence-electron chi connectivity index (χ4n) is 2.11. The van der Waals surface area contributed by atoms with Gasteiger partial charge in [-0.05, 0) is 36.9 Å². The van der Waals surface area contributed by atoms with Gasteiger partial charge in [0.15, 0.2) is 5.96 Å². The van der Waals surface area contributed by atoms with Crippen molar-refractivity contribution in [3.05, 3.63) is 54.0 Å². The highest BCUT2D eigenvalue weighted by Gasteiger charge is 2.11. The summed E-state index contributed by atoms with van der Waals surface area (Å²) in [4.78, 5) is 4.38. The standard InChI is InChI=1S/C16H22N4O3S.HI/c1-17-16(19-9-8-14-6-4-10-23-14)20-12-13-5-3-7-15(11-13)24(21,22)18-2;/h3-7,10-11,18H,8-9,12H2,1-2H3,(H2,17,19,20);1H. The highest BCUT2D eigenvalue weighted by molar-refractivity contribution is 14.0. The number of nitrogens with zero attached hydrogens (tertiary/aromatic N) is 1. The molecule has 7 nitrogen and oxygen atoms in total. The van der Waals surface area contributed by atoms with Gasteiger partial charge in [0.1, 0.15) is 5.76 Å². The van der Waals surface area contributed by atoms with Gasteiger partial charge in [-0.25, -0.2) is 13.1 Å². The molecule has 1 heterocycles. The van der Waals surface area contributed by atoms with Gasteiger partial charge in [0.05, 0.1) is 11.2 Å². The highest BCUT2D eigenvalue weighted by atomic mass is 127. The number of furan rings is 1. The minimum absolute atomic E-state index is 0. The van der Waals surface area contributed by atoms with E-state index in [9.17, 15) is 8.42 Å². The summed E-state index contributed by atoms with van der Waals surface area (Å²) in [5.41, 5.74) is 0.848. The third kappa shape index (κ3) is 6.67. The Labute approximate surface area is 165 Å². The summed E-state index contributed by atoms with van der Waals surface area (Å²) in [7, 11) is -0.360. The van der Waals surface area contributed by atoms with Gasteiger partial charge in [0.2, 0.25) is 10.0 Å². The summed E-state index contributed by atoms with van der Waals surface area (Å²) in [6.45, 7) is 1.15. The molecule has 9 heteroatoms. The van der Waals surface area contributed by atoms with Crippen LogP contribution in [0.25, 0.3) is 0 Å². The first-order chi connectivity index (χ1) is 11.5. The summed E-state index contributed by atoms with van der Waals surface area (Å²) < 4.78 is 31.2. The molecule has 0 amide bonds. The maximum Gasteiger partial charge on any atom is 0.240 e. The van der Waals surface area contributed by atoms with Gasteiger partial charge in [-0.15, -0.1) is 24.0 Å². The van der Waals surface area contributed by atoms with Crippen molar-refractivity contribution in [2.24, 2.45) is 4.99 Å². The van der Waals surface area contributed by atoms with Crippen molar-refractivity contribution < 1.29 is 12.8 Å². The molecule has 0 radical (unpaired) electrons. The van der Waals surface area contributed by atoms with Crippen molar-refractivity contribution in [2.75, 3.05) is 20.6 Å². The molecule has 1 aromatic carbocycles. The Kier molecular flexibility index (Phi) is 8.93. The Morgan fingerprint density at radius 2 is 2.00 bits per heavy atom. The van der Waals surface area contributed by atoms with Crippen LogP contribution in [0.4, 0.5) is 0 Å². The number of hydrogen-bond acceptors (Lipinski definition) is 4. The van der Waals surface area contributed by atoms with Crippen LogP contribution in [0, 0.1) is 0 Å². The van der Waals surface area contributed by atoms with Crippen LogP contribution in [0.5, 0.6) is 0 Å². The SMILES string of the molecule is CN=C(NCCc1ccco1)NCc1cccc(S(=O)(=O)NC)c1.I. The number of sulfonamides is 1. The van der Waals surface area contributed by atoms with Gasteiger partial charge in [0, 0.05) is 26.6 Å². The Bertz CT molecular complexity index is 776.